The third-order valence-electron chi connectivity index (χ3n) is 5.48. The Hall–Kier alpha value is -3.69. The van der Waals surface area contributed by atoms with Gasteiger partial charge in [0, 0.05) is 19.0 Å². The lowest BCUT2D eigenvalue weighted by molar-refractivity contribution is -0.119. The lowest BCUT2D eigenvalue weighted by Crippen LogP contribution is -2.33. The molecule has 3 N–H and O–H groups in total. The highest BCUT2D eigenvalue weighted by atomic mass is 19.1. The van der Waals surface area contributed by atoms with Crippen LogP contribution in [0.5, 0.6) is 0 Å². The molecular formula is C25H26FN3O5. The van der Waals surface area contributed by atoms with Gasteiger partial charge in [-0.05, 0) is 41.5 Å². The minimum absolute atomic E-state index is 0.125. The number of carbonyl (C=O) groups excluding carboxylic acids is 2. The van der Waals surface area contributed by atoms with E-state index in [0.29, 0.717) is 30.1 Å². The monoisotopic (exact) mass is 467 g/mol. The minimum atomic E-state index is -0.568. The second-order valence-electron chi connectivity index (χ2n) is 8.04. The van der Waals surface area contributed by atoms with Crippen LogP contribution in [-0.4, -0.2) is 36.3 Å². The van der Waals surface area contributed by atoms with Crippen LogP contribution in [0.2, 0.25) is 0 Å². The smallest absolute Gasteiger partial charge is 0.414 e. The van der Waals surface area contributed by atoms with Crippen LogP contribution >= 0.6 is 0 Å². The fourth-order valence-electron chi connectivity index (χ4n) is 3.74. The zero-order valence-electron chi connectivity index (χ0n) is 18.7. The number of amides is 2. The van der Waals surface area contributed by atoms with Crippen molar-refractivity contribution in [2.75, 3.05) is 18.0 Å². The molecule has 1 aromatic heterocycles. The van der Waals surface area contributed by atoms with E-state index in [1.165, 1.54) is 17.9 Å². The molecule has 8 nitrogen and oxygen atoms in total. The van der Waals surface area contributed by atoms with Crippen molar-refractivity contribution in [2.45, 2.75) is 32.7 Å². The zero-order valence-corrected chi connectivity index (χ0v) is 18.7. The topological polar surface area (TPSA) is 104 Å². The van der Waals surface area contributed by atoms with Gasteiger partial charge in [0.1, 0.15) is 30.0 Å². The number of nitrogens with one attached hydrogen (secondary N) is 2. The van der Waals surface area contributed by atoms with E-state index in [-0.39, 0.29) is 25.6 Å². The van der Waals surface area contributed by atoms with E-state index in [0.717, 1.165) is 16.9 Å². The Balaban J connectivity index is 1.36. The molecule has 0 saturated carbocycles. The highest BCUT2D eigenvalue weighted by molar-refractivity contribution is 5.90. The number of aliphatic hydroxyl groups is 1. The van der Waals surface area contributed by atoms with Gasteiger partial charge in [-0.3, -0.25) is 9.69 Å². The summed E-state index contributed by atoms with van der Waals surface area (Å²) >= 11 is 0. The Morgan fingerprint density at radius 1 is 1.12 bits per heavy atom. The lowest BCUT2D eigenvalue weighted by atomic mass is 10.0. The second-order valence-corrected chi connectivity index (χ2v) is 8.04. The summed E-state index contributed by atoms with van der Waals surface area (Å²) in [6.07, 6.45) is -1.05. The van der Waals surface area contributed by atoms with Crippen LogP contribution in [0.4, 0.5) is 14.9 Å². The Bertz CT molecular complexity index is 1160. The van der Waals surface area contributed by atoms with Crippen LogP contribution in [0.25, 0.3) is 11.1 Å². The number of ether oxygens (including phenoxy) is 1. The molecule has 0 radical (unpaired) electrons. The van der Waals surface area contributed by atoms with Gasteiger partial charge in [-0.2, -0.15) is 0 Å². The van der Waals surface area contributed by atoms with E-state index >= 15 is 0 Å². The molecule has 0 aliphatic carbocycles. The maximum Gasteiger partial charge on any atom is 0.414 e. The van der Waals surface area contributed by atoms with Gasteiger partial charge in [0.25, 0.3) is 0 Å². The maximum absolute atomic E-state index is 14.9. The zero-order chi connectivity index (χ0) is 24.1. The first kappa shape index (κ1) is 23.5. The van der Waals surface area contributed by atoms with Gasteiger partial charge in [-0.25, -0.2) is 9.18 Å². The largest absolute Gasteiger partial charge is 0.462 e. The molecule has 3 aromatic rings. The van der Waals surface area contributed by atoms with Gasteiger partial charge >= 0.3 is 6.09 Å². The number of cyclic esters (lactones) is 1. The van der Waals surface area contributed by atoms with E-state index in [1.807, 2.05) is 30.3 Å². The molecule has 0 bridgehead atoms. The third-order valence-corrected chi connectivity index (χ3v) is 5.48. The summed E-state index contributed by atoms with van der Waals surface area (Å²) in [4.78, 5) is 24.6. The average molecular weight is 467 g/mol. The van der Waals surface area contributed by atoms with Crippen molar-refractivity contribution in [2.24, 2.45) is 0 Å². The Morgan fingerprint density at radius 2 is 1.88 bits per heavy atom. The summed E-state index contributed by atoms with van der Waals surface area (Å²) in [5, 5.41) is 14.9. The van der Waals surface area contributed by atoms with Crippen LogP contribution in [-0.2, 0) is 29.2 Å². The first-order valence-electron chi connectivity index (χ1n) is 10.9. The number of anilines is 1. The van der Waals surface area contributed by atoms with Crippen molar-refractivity contribution in [3.8, 4) is 11.1 Å². The molecule has 178 valence electrons. The Labute approximate surface area is 196 Å². The highest BCUT2D eigenvalue weighted by Gasteiger charge is 2.32. The minimum Gasteiger partial charge on any atom is -0.462 e. The number of furan rings is 1. The normalized spacial score (nSPS) is 15.4. The summed E-state index contributed by atoms with van der Waals surface area (Å²) in [5.74, 6) is 0.617. The summed E-state index contributed by atoms with van der Waals surface area (Å²) in [6, 6.07) is 15.7. The van der Waals surface area contributed by atoms with E-state index in [4.69, 9.17) is 14.3 Å². The molecule has 4 rings (SSSR count). The van der Waals surface area contributed by atoms with E-state index in [1.54, 1.807) is 18.2 Å². The Morgan fingerprint density at radius 3 is 2.56 bits per heavy atom. The summed E-state index contributed by atoms with van der Waals surface area (Å²) in [7, 11) is 0. The third kappa shape index (κ3) is 5.62. The molecule has 1 atom stereocenters. The van der Waals surface area contributed by atoms with E-state index in [2.05, 4.69) is 10.6 Å². The maximum atomic E-state index is 14.9. The number of carbonyl (C=O) groups is 2. The number of halogens is 1. The van der Waals surface area contributed by atoms with Crippen molar-refractivity contribution in [1.29, 1.82) is 0 Å². The van der Waals surface area contributed by atoms with Crippen LogP contribution in [0.1, 0.15) is 24.0 Å². The SMILES string of the molecule is CC(=O)NC[C@H]1CN(c2ccc(-c3ccc(CNCc4ccc(CO)o4)cc3)c(F)c2)C(=O)O1. The molecule has 1 saturated heterocycles. The van der Waals surface area contributed by atoms with Crippen LogP contribution in [0.15, 0.2) is 59.0 Å². The van der Waals surface area contributed by atoms with Crippen molar-refractivity contribution < 1.29 is 28.2 Å². The highest BCUT2D eigenvalue weighted by Crippen LogP contribution is 2.29. The predicted molar refractivity (Wildman–Crippen MR) is 123 cm³/mol. The summed E-state index contributed by atoms with van der Waals surface area (Å²) in [6.45, 7) is 2.85. The van der Waals surface area contributed by atoms with Crippen LogP contribution in [0, 0.1) is 5.82 Å². The molecule has 1 aliphatic heterocycles. The first-order chi connectivity index (χ1) is 16.4. The molecule has 0 unspecified atom stereocenters. The average Bonchev–Trinajstić information content (AvgIpc) is 3.44. The second kappa shape index (κ2) is 10.5. The van der Waals surface area contributed by atoms with Gasteiger partial charge in [0.2, 0.25) is 5.91 Å². The summed E-state index contributed by atoms with van der Waals surface area (Å²) < 4.78 is 25.6. The van der Waals surface area contributed by atoms with Gasteiger partial charge < -0.3 is 24.9 Å². The van der Waals surface area contributed by atoms with E-state index < -0.39 is 18.0 Å². The van der Waals surface area contributed by atoms with Gasteiger partial charge in [-0.15, -0.1) is 0 Å². The molecular weight excluding hydrogens is 441 g/mol. The molecule has 2 amide bonds. The molecule has 34 heavy (non-hydrogen) atoms. The van der Waals surface area contributed by atoms with Gasteiger partial charge in [-0.1, -0.05) is 24.3 Å². The fourth-order valence-corrected chi connectivity index (χ4v) is 3.74. The fraction of sp³-hybridized carbons (Fsp3) is 0.280. The number of hydrogen-bond acceptors (Lipinski definition) is 6. The van der Waals surface area contributed by atoms with Crippen molar-refractivity contribution in [1.82, 2.24) is 10.6 Å². The van der Waals surface area contributed by atoms with Crippen molar-refractivity contribution >= 4 is 17.7 Å². The quantitative estimate of drug-likeness (QED) is 0.446. The van der Waals surface area contributed by atoms with Crippen molar-refractivity contribution in [3.05, 3.63) is 77.5 Å². The number of aliphatic hydroxyl groups excluding tert-OH is 1. The molecule has 2 heterocycles. The van der Waals surface area contributed by atoms with Crippen molar-refractivity contribution in [3.63, 3.8) is 0 Å². The van der Waals surface area contributed by atoms with E-state index in [9.17, 15) is 14.0 Å². The van der Waals surface area contributed by atoms with Gasteiger partial charge in [0.05, 0.1) is 25.3 Å². The standard InChI is InChI=1S/C25H26FN3O5/c1-16(31)28-13-22-14-29(25(32)34-22)19-6-9-23(24(26)10-19)18-4-2-17(3-5-18)11-27-12-20-7-8-21(15-30)33-20/h2-10,22,27,30H,11-15H2,1H3,(H,28,31)/t22-/m0/s1. The Kier molecular flexibility index (Phi) is 7.24. The predicted octanol–water partition coefficient (Wildman–Crippen LogP) is 3.33. The van der Waals surface area contributed by atoms with Gasteiger partial charge in [0.15, 0.2) is 0 Å². The number of nitrogens with zero attached hydrogens (tertiary/aromatic N) is 1. The molecule has 9 heteroatoms. The lowest BCUT2D eigenvalue weighted by Gasteiger charge is -2.15. The number of benzene rings is 2. The summed E-state index contributed by atoms with van der Waals surface area (Å²) in [5.41, 5.74) is 2.58. The molecule has 2 aromatic carbocycles. The molecule has 1 aliphatic rings. The van der Waals surface area contributed by atoms with Crippen LogP contribution < -0.4 is 15.5 Å². The number of hydrogen-bond donors (Lipinski definition) is 3. The van der Waals surface area contributed by atoms with Crippen LogP contribution in [0.3, 0.4) is 0 Å². The molecule has 1 fully saturated rings. The molecule has 0 spiro atoms. The number of rotatable bonds is 9. The first-order valence-corrected chi connectivity index (χ1v) is 10.9.